The number of esters is 2. The standard InChI is InChI=1S/C23H27N3O6/c1-12(2)11-32-22(29)16-13(3)24-19-18(20(27)26(5)23(30)25(19)4)17(16)14-7-9-15(10-8-14)21(28)31-6/h7-10,12,17,24H,11H2,1-6H3/t17-/m0/s1. The number of aromatic nitrogens is 2. The summed E-state index contributed by atoms with van der Waals surface area (Å²) in [5.41, 5.74) is 0.952. The normalized spacial score (nSPS) is 15.3. The molecule has 1 aliphatic heterocycles. The number of benzene rings is 1. The molecule has 0 radical (unpaired) electrons. The molecule has 0 unspecified atom stereocenters. The number of nitrogens with zero attached hydrogens (tertiary/aromatic N) is 2. The molecule has 1 atom stereocenters. The van der Waals surface area contributed by atoms with Crippen LogP contribution < -0.4 is 16.6 Å². The van der Waals surface area contributed by atoms with E-state index in [9.17, 15) is 19.2 Å². The molecule has 0 aliphatic carbocycles. The van der Waals surface area contributed by atoms with Gasteiger partial charge in [0.25, 0.3) is 5.56 Å². The van der Waals surface area contributed by atoms with E-state index in [4.69, 9.17) is 9.47 Å². The van der Waals surface area contributed by atoms with Crippen molar-refractivity contribution in [2.24, 2.45) is 20.0 Å². The largest absolute Gasteiger partial charge is 0.465 e. The zero-order chi connectivity index (χ0) is 23.7. The van der Waals surface area contributed by atoms with Gasteiger partial charge in [0, 0.05) is 19.8 Å². The third-order valence-corrected chi connectivity index (χ3v) is 5.42. The molecule has 3 rings (SSSR count). The Bertz CT molecular complexity index is 1220. The van der Waals surface area contributed by atoms with Crippen LogP contribution in [0.4, 0.5) is 5.82 Å². The maximum Gasteiger partial charge on any atom is 0.337 e. The van der Waals surface area contributed by atoms with Gasteiger partial charge in [0.05, 0.1) is 36.3 Å². The summed E-state index contributed by atoms with van der Waals surface area (Å²) in [4.78, 5) is 50.6. The molecule has 170 valence electrons. The van der Waals surface area contributed by atoms with Gasteiger partial charge in [-0.05, 0) is 30.5 Å². The predicted octanol–water partition coefficient (Wildman–Crippen LogP) is 1.90. The van der Waals surface area contributed by atoms with Gasteiger partial charge in [-0.2, -0.15) is 0 Å². The zero-order valence-electron chi connectivity index (χ0n) is 19.0. The average molecular weight is 441 g/mol. The summed E-state index contributed by atoms with van der Waals surface area (Å²) in [5, 5.41) is 3.05. The van der Waals surface area contributed by atoms with E-state index in [1.54, 1.807) is 38.2 Å². The van der Waals surface area contributed by atoms with Gasteiger partial charge < -0.3 is 14.8 Å². The first-order valence-corrected chi connectivity index (χ1v) is 10.2. The molecule has 0 fully saturated rings. The smallest absolute Gasteiger partial charge is 0.337 e. The van der Waals surface area contributed by atoms with Crippen LogP contribution >= 0.6 is 0 Å². The maximum absolute atomic E-state index is 13.2. The van der Waals surface area contributed by atoms with Crippen LogP contribution in [0.2, 0.25) is 0 Å². The molecule has 1 aliphatic rings. The summed E-state index contributed by atoms with van der Waals surface area (Å²) >= 11 is 0. The molecule has 32 heavy (non-hydrogen) atoms. The number of hydrogen-bond acceptors (Lipinski definition) is 7. The fourth-order valence-electron chi connectivity index (χ4n) is 3.74. The van der Waals surface area contributed by atoms with Crippen molar-refractivity contribution < 1.29 is 19.1 Å². The van der Waals surface area contributed by atoms with Crippen molar-refractivity contribution in [2.45, 2.75) is 26.7 Å². The van der Waals surface area contributed by atoms with E-state index in [0.29, 0.717) is 22.6 Å². The third-order valence-electron chi connectivity index (χ3n) is 5.42. The molecule has 0 spiro atoms. The molecular formula is C23H27N3O6. The minimum absolute atomic E-state index is 0.134. The van der Waals surface area contributed by atoms with Crippen molar-refractivity contribution in [1.82, 2.24) is 9.13 Å². The molecule has 0 amide bonds. The molecule has 0 bridgehead atoms. The van der Waals surface area contributed by atoms with Crippen LogP contribution in [-0.4, -0.2) is 34.8 Å². The number of anilines is 1. The van der Waals surface area contributed by atoms with E-state index in [-0.39, 0.29) is 23.7 Å². The topological polar surface area (TPSA) is 109 Å². The molecule has 9 nitrogen and oxygen atoms in total. The summed E-state index contributed by atoms with van der Waals surface area (Å²) in [6.07, 6.45) is 0. The molecule has 9 heteroatoms. The van der Waals surface area contributed by atoms with Crippen LogP contribution in [-0.2, 0) is 28.4 Å². The van der Waals surface area contributed by atoms with Crippen molar-refractivity contribution >= 4 is 17.8 Å². The predicted molar refractivity (Wildman–Crippen MR) is 119 cm³/mol. The van der Waals surface area contributed by atoms with E-state index < -0.39 is 29.1 Å². The summed E-state index contributed by atoms with van der Waals surface area (Å²) in [6.45, 7) is 5.78. The second-order valence-corrected chi connectivity index (χ2v) is 8.17. The molecule has 0 saturated carbocycles. The number of fused-ring (bicyclic) bond motifs is 1. The Morgan fingerprint density at radius 1 is 1.06 bits per heavy atom. The van der Waals surface area contributed by atoms with Gasteiger partial charge in [-0.1, -0.05) is 26.0 Å². The number of ether oxygens (including phenoxy) is 2. The van der Waals surface area contributed by atoms with Crippen LogP contribution in [0.1, 0.15) is 48.2 Å². The Kier molecular flexibility index (Phi) is 6.38. The average Bonchev–Trinajstić information content (AvgIpc) is 2.78. The van der Waals surface area contributed by atoms with E-state index in [1.807, 2.05) is 13.8 Å². The third kappa shape index (κ3) is 3.98. The number of allylic oxidation sites excluding steroid dienone is 1. The Balaban J connectivity index is 2.25. The van der Waals surface area contributed by atoms with Crippen LogP contribution in [0.3, 0.4) is 0 Å². The monoisotopic (exact) mass is 441 g/mol. The Labute approximate surface area is 185 Å². The quantitative estimate of drug-likeness (QED) is 0.706. The van der Waals surface area contributed by atoms with Gasteiger partial charge in [0.1, 0.15) is 5.82 Å². The highest BCUT2D eigenvalue weighted by Crippen LogP contribution is 2.40. The van der Waals surface area contributed by atoms with Gasteiger partial charge in [0.2, 0.25) is 0 Å². The Hall–Kier alpha value is -3.62. The first-order chi connectivity index (χ1) is 15.1. The van der Waals surface area contributed by atoms with E-state index in [0.717, 1.165) is 4.57 Å². The van der Waals surface area contributed by atoms with E-state index in [1.165, 1.54) is 18.7 Å². The highest BCUT2D eigenvalue weighted by Gasteiger charge is 2.37. The van der Waals surface area contributed by atoms with Crippen molar-refractivity contribution in [1.29, 1.82) is 0 Å². The first kappa shape index (κ1) is 23.1. The lowest BCUT2D eigenvalue weighted by Gasteiger charge is -2.31. The van der Waals surface area contributed by atoms with Crippen LogP contribution in [0.15, 0.2) is 45.1 Å². The van der Waals surface area contributed by atoms with Crippen LogP contribution in [0.25, 0.3) is 0 Å². The fraction of sp³-hybridized carbons (Fsp3) is 0.391. The number of rotatable bonds is 5. The van der Waals surface area contributed by atoms with Crippen LogP contribution in [0, 0.1) is 5.92 Å². The maximum atomic E-state index is 13.2. The zero-order valence-corrected chi connectivity index (χ0v) is 19.0. The molecule has 0 saturated heterocycles. The summed E-state index contributed by atoms with van der Waals surface area (Å²) in [5.74, 6) is -1.38. The first-order valence-electron chi connectivity index (χ1n) is 10.2. The molecule has 2 heterocycles. The SMILES string of the molecule is COC(=O)c1ccc([C@H]2C(C(=O)OCC(C)C)=C(C)Nc3c2c(=O)n(C)c(=O)n3C)cc1. The molecule has 1 aromatic heterocycles. The summed E-state index contributed by atoms with van der Waals surface area (Å²) in [6, 6.07) is 6.47. The minimum Gasteiger partial charge on any atom is -0.465 e. The number of methoxy groups -OCH3 is 1. The summed E-state index contributed by atoms with van der Waals surface area (Å²) in [7, 11) is 4.24. The van der Waals surface area contributed by atoms with Crippen molar-refractivity contribution in [3.63, 3.8) is 0 Å². The van der Waals surface area contributed by atoms with Crippen LogP contribution in [0.5, 0.6) is 0 Å². The van der Waals surface area contributed by atoms with Crippen molar-refractivity contribution in [3.05, 3.63) is 73.1 Å². The Morgan fingerprint density at radius 3 is 2.25 bits per heavy atom. The van der Waals surface area contributed by atoms with Crippen molar-refractivity contribution in [3.8, 4) is 0 Å². The highest BCUT2D eigenvalue weighted by molar-refractivity contribution is 5.94. The molecular weight excluding hydrogens is 414 g/mol. The van der Waals surface area contributed by atoms with Gasteiger partial charge in [0.15, 0.2) is 0 Å². The molecule has 1 aromatic carbocycles. The van der Waals surface area contributed by atoms with Gasteiger partial charge in [-0.3, -0.25) is 13.9 Å². The second kappa shape index (κ2) is 8.86. The lowest BCUT2D eigenvalue weighted by molar-refractivity contribution is -0.140. The van der Waals surface area contributed by atoms with Gasteiger partial charge >= 0.3 is 17.6 Å². The number of carbonyl (C=O) groups is 2. The highest BCUT2D eigenvalue weighted by atomic mass is 16.5. The minimum atomic E-state index is -0.789. The number of hydrogen-bond donors (Lipinski definition) is 1. The van der Waals surface area contributed by atoms with E-state index >= 15 is 0 Å². The fourth-order valence-corrected chi connectivity index (χ4v) is 3.74. The van der Waals surface area contributed by atoms with E-state index in [2.05, 4.69) is 5.32 Å². The lowest BCUT2D eigenvalue weighted by Crippen LogP contribution is -2.43. The Morgan fingerprint density at radius 2 is 1.69 bits per heavy atom. The second-order valence-electron chi connectivity index (χ2n) is 8.17. The van der Waals surface area contributed by atoms with Crippen molar-refractivity contribution in [2.75, 3.05) is 19.0 Å². The molecule has 2 aromatic rings. The van der Waals surface area contributed by atoms with Gasteiger partial charge in [-0.15, -0.1) is 0 Å². The number of nitrogens with one attached hydrogen (secondary N) is 1. The summed E-state index contributed by atoms with van der Waals surface area (Å²) < 4.78 is 12.6. The molecule has 1 N–H and O–H groups in total. The lowest BCUT2D eigenvalue weighted by atomic mass is 9.82. The van der Waals surface area contributed by atoms with Gasteiger partial charge in [-0.25, -0.2) is 14.4 Å². The number of carbonyl (C=O) groups excluding carboxylic acids is 2.